The number of benzene rings is 2. The van der Waals surface area contributed by atoms with Crippen LogP contribution in [-0.2, 0) is 28.4 Å². The van der Waals surface area contributed by atoms with Crippen molar-refractivity contribution in [3.05, 3.63) is 80.8 Å². The van der Waals surface area contributed by atoms with Gasteiger partial charge in [0.2, 0.25) is 5.79 Å². The Kier molecular flexibility index (Phi) is 8.08. The smallest absolute Gasteiger partial charge is 0.215 e. The number of nitrogens with one attached hydrogen (secondary N) is 1. The number of nitrogens with zero attached hydrogens (tertiary/aromatic N) is 3. The van der Waals surface area contributed by atoms with E-state index in [9.17, 15) is 0 Å². The maximum Gasteiger partial charge on any atom is 0.215 e. The van der Waals surface area contributed by atoms with Gasteiger partial charge in [-0.25, -0.2) is 4.98 Å². The molecule has 0 aliphatic carbocycles. The lowest BCUT2D eigenvalue weighted by Gasteiger charge is -2.30. The van der Waals surface area contributed by atoms with E-state index >= 15 is 0 Å². The third kappa shape index (κ3) is 5.83. The van der Waals surface area contributed by atoms with E-state index in [0.29, 0.717) is 39.5 Å². The molecule has 0 radical (unpaired) electrons. The number of aromatic nitrogens is 2. The zero-order valence-electron chi connectivity index (χ0n) is 20.1. The lowest BCUT2D eigenvalue weighted by Crippen LogP contribution is -2.42. The Hall–Kier alpha value is -1.84. The van der Waals surface area contributed by atoms with E-state index in [1.54, 1.807) is 24.7 Å². The molecule has 2 aliphatic heterocycles. The molecule has 0 amide bonds. The summed E-state index contributed by atoms with van der Waals surface area (Å²) in [6.07, 6.45) is 4.96. The highest BCUT2D eigenvalue weighted by Crippen LogP contribution is 2.41. The molecule has 2 atom stereocenters. The van der Waals surface area contributed by atoms with Crippen LogP contribution in [0.1, 0.15) is 16.7 Å². The zero-order chi connectivity index (χ0) is 25.1. The van der Waals surface area contributed by atoms with Gasteiger partial charge in [0.05, 0.1) is 29.5 Å². The highest BCUT2D eigenvalue weighted by molar-refractivity contribution is 6.35. The van der Waals surface area contributed by atoms with Crippen molar-refractivity contribution in [2.75, 3.05) is 39.4 Å². The molecule has 7 nitrogen and oxygen atoms in total. The first kappa shape index (κ1) is 25.8. The molecule has 10 heteroatoms. The van der Waals surface area contributed by atoms with Crippen LogP contribution in [0, 0.1) is 6.92 Å². The molecule has 3 aromatic rings. The van der Waals surface area contributed by atoms with Crippen molar-refractivity contribution in [1.82, 2.24) is 19.8 Å². The average molecular weight is 552 g/mol. The van der Waals surface area contributed by atoms with Gasteiger partial charge in [-0.3, -0.25) is 4.90 Å². The maximum atomic E-state index is 6.65. The van der Waals surface area contributed by atoms with E-state index in [0.717, 1.165) is 38.3 Å². The Morgan fingerprint density at radius 2 is 1.97 bits per heavy atom. The molecule has 2 aromatic carbocycles. The summed E-state index contributed by atoms with van der Waals surface area (Å²) in [5.74, 6) is -0.427. The lowest BCUT2D eigenvalue weighted by molar-refractivity contribution is -0.189. The number of rotatable bonds is 8. The number of halogens is 3. The van der Waals surface area contributed by atoms with E-state index in [1.807, 2.05) is 29.8 Å². The Morgan fingerprint density at radius 3 is 2.69 bits per heavy atom. The Labute approximate surface area is 226 Å². The first-order valence-electron chi connectivity index (χ1n) is 12.0. The molecule has 2 unspecified atom stereocenters. The second kappa shape index (κ2) is 11.3. The highest BCUT2D eigenvalue weighted by atomic mass is 35.5. The van der Waals surface area contributed by atoms with Crippen molar-refractivity contribution < 1.29 is 14.2 Å². The quantitative estimate of drug-likeness (QED) is 0.430. The van der Waals surface area contributed by atoms with Crippen LogP contribution in [0.4, 0.5) is 0 Å². The zero-order valence-corrected chi connectivity index (χ0v) is 22.3. The van der Waals surface area contributed by atoms with E-state index in [4.69, 9.17) is 49.0 Å². The van der Waals surface area contributed by atoms with Gasteiger partial charge in [0.15, 0.2) is 0 Å². The molecule has 1 aromatic heterocycles. The van der Waals surface area contributed by atoms with Gasteiger partial charge in [0.1, 0.15) is 18.5 Å². The molecule has 0 saturated carbocycles. The van der Waals surface area contributed by atoms with Gasteiger partial charge in [-0.05, 0) is 36.2 Å². The van der Waals surface area contributed by atoms with Crippen molar-refractivity contribution in [1.29, 1.82) is 0 Å². The molecule has 36 heavy (non-hydrogen) atoms. The number of piperazine rings is 1. The molecular formula is C26H29Cl3N4O3. The average Bonchev–Trinajstić information content (AvgIpc) is 3.50. The van der Waals surface area contributed by atoms with Gasteiger partial charge in [0.25, 0.3) is 0 Å². The largest absolute Gasteiger partial charge is 0.489 e. The molecule has 2 saturated heterocycles. The number of hydrogen-bond donors (Lipinski definition) is 1. The molecule has 0 bridgehead atoms. The summed E-state index contributed by atoms with van der Waals surface area (Å²) in [4.78, 5) is 6.56. The summed E-state index contributed by atoms with van der Waals surface area (Å²) in [7, 11) is 0. The first-order chi connectivity index (χ1) is 17.4. The second-order valence-corrected chi connectivity index (χ2v) is 10.5. The van der Waals surface area contributed by atoms with Crippen LogP contribution in [-0.4, -0.2) is 59.9 Å². The first-order valence-corrected chi connectivity index (χ1v) is 13.1. The van der Waals surface area contributed by atoms with Gasteiger partial charge in [0, 0.05) is 55.7 Å². The van der Waals surface area contributed by atoms with Crippen molar-refractivity contribution in [3.8, 4) is 5.75 Å². The van der Waals surface area contributed by atoms with E-state index in [-0.39, 0.29) is 12.7 Å². The molecular weight excluding hydrogens is 523 g/mol. The van der Waals surface area contributed by atoms with Crippen LogP contribution in [0.15, 0.2) is 49.1 Å². The predicted molar refractivity (Wildman–Crippen MR) is 141 cm³/mol. The fourth-order valence-corrected chi connectivity index (χ4v) is 5.65. The van der Waals surface area contributed by atoms with Crippen LogP contribution >= 0.6 is 34.8 Å². The highest BCUT2D eigenvalue weighted by Gasteiger charge is 2.45. The van der Waals surface area contributed by atoms with E-state index in [2.05, 4.69) is 21.3 Å². The topological polar surface area (TPSA) is 60.8 Å². The van der Waals surface area contributed by atoms with Crippen LogP contribution in [0.5, 0.6) is 5.75 Å². The Balaban J connectivity index is 1.28. The molecule has 5 rings (SSSR count). The van der Waals surface area contributed by atoms with Gasteiger partial charge >= 0.3 is 0 Å². The minimum Gasteiger partial charge on any atom is -0.489 e. The van der Waals surface area contributed by atoms with E-state index in [1.165, 1.54) is 5.56 Å². The van der Waals surface area contributed by atoms with Crippen molar-refractivity contribution in [2.24, 2.45) is 0 Å². The summed E-state index contributed by atoms with van der Waals surface area (Å²) in [6, 6.07) is 9.44. The van der Waals surface area contributed by atoms with Gasteiger partial charge < -0.3 is 24.1 Å². The standard InChI is InChI=1S/C26H29Cl3N4O3/c1-18-10-19(13-32-7-4-30-5-8-32)11-24(29)25(18)34-14-21-15-35-26(36-21,16-33-9-6-31-17-33)22-3-2-20(27)12-23(22)28/h2-3,6,9-12,17,21,30H,4-5,7-8,13-16H2,1H3. The minimum atomic E-state index is -1.09. The number of imidazole rings is 1. The Bertz CT molecular complexity index is 1160. The van der Waals surface area contributed by atoms with Crippen molar-refractivity contribution in [3.63, 3.8) is 0 Å². The predicted octanol–water partition coefficient (Wildman–Crippen LogP) is 4.90. The summed E-state index contributed by atoms with van der Waals surface area (Å²) in [6.45, 7) is 8.00. The Morgan fingerprint density at radius 1 is 1.14 bits per heavy atom. The monoisotopic (exact) mass is 550 g/mol. The lowest BCUT2D eigenvalue weighted by atomic mass is 10.1. The van der Waals surface area contributed by atoms with Crippen molar-refractivity contribution in [2.45, 2.75) is 31.9 Å². The van der Waals surface area contributed by atoms with Crippen LogP contribution in [0.2, 0.25) is 15.1 Å². The molecule has 1 N–H and O–H groups in total. The molecule has 0 spiro atoms. The normalized spacial score (nSPS) is 22.7. The fourth-order valence-electron chi connectivity index (χ4n) is 4.76. The summed E-state index contributed by atoms with van der Waals surface area (Å²) >= 11 is 19.3. The summed E-state index contributed by atoms with van der Waals surface area (Å²) < 4.78 is 20.8. The van der Waals surface area contributed by atoms with Crippen LogP contribution in [0.3, 0.4) is 0 Å². The van der Waals surface area contributed by atoms with Gasteiger partial charge in [-0.1, -0.05) is 46.9 Å². The summed E-state index contributed by atoms with van der Waals surface area (Å²) in [5.41, 5.74) is 2.89. The van der Waals surface area contributed by atoms with Gasteiger partial charge in [-0.2, -0.15) is 0 Å². The molecule has 192 valence electrons. The molecule has 2 aliphatic rings. The van der Waals surface area contributed by atoms with Crippen LogP contribution < -0.4 is 10.1 Å². The number of ether oxygens (including phenoxy) is 3. The maximum absolute atomic E-state index is 6.65. The third-order valence-corrected chi connectivity index (χ3v) is 7.30. The van der Waals surface area contributed by atoms with E-state index < -0.39 is 5.79 Å². The van der Waals surface area contributed by atoms with Crippen molar-refractivity contribution >= 4 is 34.8 Å². The molecule has 3 heterocycles. The number of aryl methyl sites for hydroxylation is 1. The van der Waals surface area contributed by atoms with Gasteiger partial charge in [-0.15, -0.1) is 0 Å². The third-order valence-electron chi connectivity index (χ3n) is 6.47. The number of hydrogen-bond acceptors (Lipinski definition) is 6. The van der Waals surface area contributed by atoms with Crippen LogP contribution in [0.25, 0.3) is 0 Å². The summed E-state index contributed by atoms with van der Waals surface area (Å²) in [5, 5.41) is 5.00. The SMILES string of the molecule is Cc1cc(CN2CCNCC2)cc(Cl)c1OCC1COC(Cn2ccnc2)(c2ccc(Cl)cc2Cl)O1. The molecule has 2 fully saturated rings. The fraction of sp³-hybridized carbons (Fsp3) is 0.423. The minimum absolute atomic E-state index is 0.286. The second-order valence-electron chi connectivity index (χ2n) is 9.22.